The van der Waals surface area contributed by atoms with Crippen LogP contribution in [0.3, 0.4) is 0 Å². The van der Waals surface area contributed by atoms with Gasteiger partial charge in [0.1, 0.15) is 5.75 Å². The third-order valence-electron chi connectivity index (χ3n) is 6.20. The number of pyridine rings is 1. The Morgan fingerprint density at radius 1 is 1.00 bits per heavy atom. The second-order valence-corrected chi connectivity index (χ2v) is 8.33. The predicted octanol–water partition coefficient (Wildman–Crippen LogP) is 3.51. The zero-order valence-electron chi connectivity index (χ0n) is 18.5. The summed E-state index contributed by atoms with van der Waals surface area (Å²) in [5.74, 6) is 1.17. The quantitative estimate of drug-likeness (QED) is 0.544. The highest BCUT2D eigenvalue weighted by Gasteiger charge is 2.23. The standard InChI is InChI=1S/C26H30N2O4/c1-31-17-16-28-15-12-22-23(26(28)30)8-5-9-24(22)32-19-25(29)27-13-10-21(11-14-27)18-20-6-3-2-4-7-20/h2-9,12,15,21H,10-11,13-14,16-19H2,1H3. The summed E-state index contributed by atoms with van der Waals surface area (Å²) < 4.78 is 12.6. The Balaban J connectivity index is 1.34. The molecule has 1 aliphatic rings. The third kappa shape index (κ3) is 5.19. The Morgan fingerprint density at radius 2 is 1.78 bits per heavy atom. The molecule has 3 aromatic rings. The monoisotopic (exact) mass is 434 g/mol. The van der Waals surface area contributed by atoms with E-state index in [2.05, 4.69) is 24.3 Å². The van der Waals surface area contributed by atoms with Crippen molar-refractivity contribution in [3.05, 3.63) is 76.7 Å². The Morgan fingerprint density at radius 3 is 2.53 bits per heavy atom. The average Bonchev–Trinajstić information content (AvgIpc) is 2.83. The summed E-state index contributed by atoms with van der Waals surface area (Å²) in [4.78, 5) is 27.3. The number of aromatic nitrogens is 1. The van der Waals surface area contributed by atoms with Gasteiger partial charge in [0.25, 0.3) is 11.5 Å². The molecule has 1 saturated heterocycles. The molecule has 32 heavy (non-hydrogen) atoms. The maximum atomic E-state index is 12.7. The number of benzene rings is 2. The first-order chi connectivity index (χ1) is 15.7. The Hall–Kier alpha value is -3.12. The molecule has 0 aliphatic carbocycles. The molecule has 1 aromatic heterocycles. The van der Waals surface area contributed by atoms with Crippen LogP contribution in [0.15, 0.2) is 65.6 Å². The summed E-state index contributed by atoms with van der Waals surface area (Å²) in [7, 11) is 1.61. The lowest BCUT2D eigenvalue weighted by Gasteiger charge is -2.32. The van der Waals surface area contributed by atoms with Crippen LogP contribution in [0, 0.1) is 5.92 Å². The normalized spacial score (nSPS) is 14.6. The molecule has 6 heteroatoms. The van der Waals surface area contributed by atoms with Crippen molar-refractivity contribution in [2.45, 2.75) is 25.8 Å². The summed E-state index contributed by atoms with van der Waals surface area (Å²) in [6, 6.07) is 17.8. The minimum atomic E-state index is -0.0863. The lowest BCUT2D eigenvalue weighted by atomic mass is 9.90. The number of ether oxygens (including phenoxy) is 2. The van der Waals surface area contributed by atoms with E-state index in [0.717, 1.165) is 37.7 Å². The highest BCUT2D eigenvalue weighted by Crippen LogP contribution is 2.24. The van der Waals surface area contributed by atoms with Gasteiger partial charge in [-0.2, -0.15) is 0 Å². The number of nitrogens with zero attached hydrogens (tertiary/aromatic N) is 2. The van der Waals surface area contributed by atoms with Crippen molar-refractivity contribution in [1.82, 2.24) is 9.47 Å². The van der Waals surface area contributed by atoms with Crippen molar-refractivity contribution in [3.63, 3.8) is 0 Å². The van der Waals surface area contributed by atoms with Gasteiger partial charge >= 0.3 is 0 Å². The fourth-order valence-electron chi connectivity index (χ4n) is 4.35. The number of methoxy groups -OCH3 is 1. The van der Waals surface area contributed by atoms with Gasteiger partial charge < -0.3 is 18.9 Å². The Labute approximate surface area is 188 Å². The van der Waals surface area contributed by atoms with Crippen LogP contribution in [0.4, 0.5) is 0 Å². The van der Waals surface area contributed by atoms with Crippen molar-refractivity contribution in [1.29, 1.82) is 0 Å². The molecular weight excluding hydrogens is 404 g/mol. The first-order valence-electron chi connectivity index (χ1n) is 11.2. The largest absolute Gasteiger partial charge is 0.483 e. The number of hydrogen-bond acceptors (Lipinski definition) is 4. The summed E-state index contributed by atoms with van der Waals surface area (Å²) in [5, 5.41) is 1.30. The van der Waals surface area contributed by atoms with E-state index in [1.165, 1.54) is 5.56 Å². The van der Waals surface area contributed by atoms with Crippen LogP contribution in [-0.2, 0) is 22.5 Å². The van der Waals surface area contributed by atoms with Gasteiger partial charge in [-0.15, -0.1) is 0 Å². The second-order valence-electron chi connectivity index (χ2n) is 8.33. The molecule has 0 unspecified atom stereocenters. The van der Waals surface area contributed by atoms with E-state index >= 15 is 0 Å². The zero-order valence-corrected chi connectivity index (χ0v) is 18.5. The van der Waals surface area contributed by atoms with E-state index in [9.17, 15) is 9.59 Å². The summed E-state index contributed by atoms with van der Waals surface area (Å²) in [6.45, 7) is 2.47. The number of piperidine rings is 1. The first kappa shape index (κ1) is 22.1. The van der Waals surface area contributed by atoms with Crippen molar-refractivity contribution < 1.29 is 14.3 Å². The fourth-order valence-corrected chi connectivity index (χ4v) is 4.35. The van der Waals surface area contributed by atoms with Crippen LogP contribution in [0.1, 0.15) is 18.4 Å². The zero-order chi connectivity index (χ0) is 22.3. The molecule has 0 saturated carbocycles. The molecule has 4 rings (SSSR count). The number of fused-ring (bicyclic) bond motifs is 1. The van der Waals surface area contributed by atoms with Gasteiger partial charge in [-0.05, 0) is 48.9 Å². The van der Waals surface area contributed by atoms with E-state index in [-0.39, 0.29) is 18.1 Å². The van der Waals surface area contributed by atoms with Crippen molar-refractivity contribution in [3.8, 4) is 5.75 Å². The molecule has 1 aliphatic heterocycles. The van der Waals surface area contributed by atoms with Crippen molar-refractivity contribution >= 4 is 16.7 Å². The molecule has 0 spiro atoms. The molecule has 1 amide bonds. The van der Waals surface area contributed by atoms with E-state index in [1.54, 1.807) is 36.1 Å². The molecule has 168 valence electrons. The Bertz CT molecular complexity index is 1100. The molecule has 1 fully saturated rings. The summed E-state index contributed by atoms with van der Waals surface area (Å²) in [6.07, 6.45) is 4.83. The number of rotatable bonds is 8. The van der Waals surface area contributed by atoms with E-state index < -0.39 is 0 Å². The first-order valence-corrected chi connectivity index (χ1v) is 11.2. The highest BCUT2D eigenvalue weighted by molar-refractivity contribution is 5.88. The molecule has 2 aromatic carbocycles. The second kappa shape index (κ2) is 10.5. The molecule has 0 radical (unpaired) electrons. The molecule has 0 atom stereocenters. The van der Waals surface area contributed by atoms with Crippen molar-refractivity contribution in [2.24, 2.45) is 5.92 Å². The number of amides is 1. The maximum Gasteiger partial charge on any atom is 0.260 e. The van der Waals surface area contributed by atoms with Crippen molar-refractivity contribution in [2.75, 3.05) is 33.4 Å². The SMILES string of the molecule is COCCn1ccc2c(OCC(=O)N3CCC(Cc4ccccc4)CC3)cccc2c1=O. The van der Waals surface area contributed by atoms with Crippen LogP contribution in [-0.4, -0.2) is 48.8 Å². The minimum absolute atomic E-state index is 0.00593. The van der Waals surface area contributed by atoms with Crippen LogP contribution in [0.25, 0.3) is 10.8 Å². The van der Waals surface area contributed by atoms with Gasteiger partial charge in [-0.1, -0.05) is 36.4 Å². The van der Waals surface area contributed by atoms with Crippen LogP contribution >= 0.6 is 0 Å². The number of carbonyl (C=O) groups is 1. The van der Waals surface area contributed by atoms with E-state index in [1.807, 2.05) is 17.0 Å². The smallest absolute Gasteiger partial charge is 0.260 e. The fraction of sp³-hybridized carbons (Fsp3) is 0.385. The third-order valence-corrected chi connectivity index (χ3v) is 6.20. The molecule has 0 bridgehead atoms. The van der Waals surface area contributed by atoms with Gasteiger partial charge in [0, 0.05) is 38.3 Å². The van der Waals surface area contributed by atoms with Crippen LogP contribution < -0.4 is 10.3 Å². The number of hydrogen-bond donors (Lipinski definition) is 0. The molecule has 0 N–H and O–H groups in total. The predicted molar refractivity (Wildman–Crippen MR) is 125 cm³/mol. The van der Waals surface area contributed by atoms with Crippen LogP contribution in [0.2, 0.25) is 0 Å². The molecule has 2 heterocycles. The average molecular weight is 435 g/mol. The number of carbonyl (C=O) groups excluding carboxylic acids is 1. The lowest BCUT2D eigenvalue weighted by Crippen LogP contribution is -2.41. The van der Waals surface area contributed by atoms with Gasteiger partial charge in [-0.25, -0.2) is 0 Å². The molecule has 6 nitrogen and oxygen atoms in total. The molecular formula is C26H30N2O4. The van der Waals surface area contributed by atoms with Gasteiger partial charge in [-0.3, -0.25) is 9.59 Å². The number of likely N-dealkylation sites (tertiary alicyclic amines) is 1. The maximum absolute atomic E-state index is 12.7. The Kier molecular flexibility index (Phi) is 7.22. The van der Waals surface area contributed by atoms with Gasteiger partial charge in [0.05, 0.1) is 12.0 Å². The van der Waals surface area contributed by atoms with E-state index in [0.29, 0.717) is 30.2 Å². The summed E-state index contributed by atoms with van der Waals surface area (Å²) >= 11 is 0. The van der Waals surface area contributed by atoms with Crippen LogP contribution in [0.5, 0.6) is 5.75 Å². The topological polar surface area (TPSA) is 60.8 Å². The van der Waals surface area contributed by atoms with E-state index in [4.69, 9.17) is 9.47 Å². The highest BCUT2D eigenvalue weighted by atomic mass is 16.5. The minimum Gasteiger partial charge on any atom is -0.483 e. The van der Waals surface area contributed by atoms with Gasteiger partial charge in [0.2, 0.25) is 0 Å². The van der Waals surface area contributed by atoms with Gasteiger partial charge in [0.15, 0.2) is 6.61 Å². The summed E-state index contributed by atoms with van der Waals surface area (Å²) in [5.41, 5.74) is 1.27. The lowest BCUT2D eigenvalue weighted by molar-refractivity contribution is -0.134.